The van der Waals surface area contributed by atoms with Gasteiger partial charge in [-0.3, -0.25) is 14.6 Å². The summed E-state index contributed by atoms with van der Waals surface area (Å²) < 4.78 is 5.19. The molecule has 0 bridgehead atoms. The van der Waals surface area contributed by atoms with Crippen LogP contribution in [0.5, 0.6) is 0 Å². The maximum absolute atomic E-state index is 12.4. The minimum Gasteiger partial charge on any atom is -0.467 e. The monoisotopic (exact) mass is 315 g/mol. The SMILES string of the molecule is CC(C)C[C@H](NC(=O)c1ccncc1)C(=O)NCc1ccco1. The van der Waals surface area contributed by atoms with Crippen LogP contribution in [0, 0.1) is 5.92 Å². The molecule has 0 spiro atoms. The summed E-state index contributed by atoms with van der Waals surface area (Å²) in [6.45, 7) is 4.31. The minimum atomic E-state index is -0.592. The highest BCUT2D eigenvalue weighted by Gasteiger charge is 2.22. The molecule has 0 aromatic carbocycles. The molecule has 0 fully saturated rings. The summed E-state index contributed by atoms with van der Waals surface area (Å²) in [7, 11) is 0. The number of amides is 2. The van der Waals surface area contributed by atoms with E-state index in [1.807, 2.05) is 13.8 Å². The summed E-state index contributed by atoms with van der Waals surface area (Å²) >= 11 is 0. The van der Waals surface area contributed by atoms with Gasteiger partial charge in [-0.2, -0.15) is 0 Å². The van der Waals surface area contributed by atoms with Crippen LogP contribution in [-0.4, -0.2) is 22.8 Å². The lowest BCUT2D eigenvalue weighted by Crippen LogP contribution is -2.47. The van der Waals surface area contributed by atoms with E-state index in [1.165, 1.54) is 0 Å². The maximum atomic E-state index is 12.4. The van der Waals surface area contributed by atoms with Gasteiger partial charge < -0.3 is 15.1 Å². The molecule has 0 radical (unpaired) electrons. The van der Waals surface area contributed by atoms with Crippen LogP contribution in [0.15, 0.2) is 47.3 Å². The van der Waals surface area contributed by atoms with E-state index in [4.69, 9.17) is 4.42 Å². The summed E-state index contributed by atoms with van der Waals surface area (Å²) in [6, 6.07) is 6.18. The Bertz CT molecular complexity index is 624. The van der Waals surface area contributed by atoms with Gasteiger partial charge in [-0.25, -0.2) is 0 Å². The molecule has 6 heteroatoms. The molecule has 2 aromatic heterocycles. The van der Waals surface area contributed by atoms with Gasteiger partial charge in [0.2, 0.25) is 5.91 Å². The van der Waals surface area contributed by atoms with Gasteiger partial charge in [0.15, 0.2) is 0 Å². The standard InChI is InChI=1S/C17H21N3O3/c1-12(2)10-15(17(22)19-11-14-4-3-9-23-14)20-16(21)13-5-7-18-8-6-13/h3-9,12,15H,10-11H2,1-2H3,(H,19,22)(H,20,21)/t15-/m0/s1. The third-order valence-electron chi connectivity index (χ3n) is 3.29. The number of carbonyl (C=O) groups excluding carboxylic acids is 2. The van der Waals surface area contributed by atoms with Gasteiger partial charge in [0, 0.05) is 18.0 Å². The fraction of sp³-hybridized carbons (Fsp3) is 0.353. The Morgan fingerprint density at radius 2 is 1.96 bits per heavy atom. The Kier molecular flexibility index (Phi) is 5.91. The highest BCUT2D eigenvalue weighted by atomic mass is 16.3. The molecule has 0 aliphatic rings. The van der Waals surface area contributed by atoms with E-state index in [1.54, 1.807) is 42.9 Å². The third-order valence-corrected chi connectivity index (χ3v) is 3.29. The molecule has 2 N–H and O–H groups in total. The number of pyridine rings is 1. The summed E-state index contributed by atoms with van der Waals surface area (Å²) in [4.78, 5) is 28.5. The lowest BCUT2D eigenvalue weighted by Gasteiger charge is -2.20. The minimum absolute atomic E-state index is 0.225. The van der Waals surface area contributed by atoms with Crippen molar-refractivity contribution in [1.82, 2.24) is 15.6 Å². The zero-order chi connectivity index (χ0) is 16.7. The molecule has 0 aliphatic carbocycles. The molecule has 122 valence electrons. The molecule has 2 amide bonds. The summed E-state index contributed by atoms with van der Waals surface area (Å²) in [5.74, 6) is 0.429. The molecule has 0 unspecified atom stereocenters. The van der Waals surface area contributed by atoms with Crippen molar-refractivity contribution in [2.75, 3.05) is 0 Å². The first-order valence-electron chi connectivity index (χ1n) is 7.57. The second-order valence-corrected chi connectivity index (χ2v) is 5.69. The first-order valence-corrected chi connectivity index (χ1v) is 7.57. The van der Waals surface area contributed by atoms with Crippen molar-refractivity contribution < 1.29 is 14.0 Å². The van der Waals surface area contributed by atoms with Gasteiger partial charge in [0.25, 0.3) is 5.91 Å². The number of nitrogens with zero attached hydrogens (tertiary/aromatic N) is 1. The number of nitrogens with one attached hydrogen (secondary N) is 2. The van der Waals surface area contributed by atoms with Crippen LogP contribution in [0.2, 0.25) is 0 Å². The van der Waals surface area contributed by atoms with Gasteiger partial charge in [-0.15, -0.1) is 0 Å². The Morgan fingerprint density at radius 3 is 2.57 bits per heavy atom. The summed E-state index contributed by atoms with van der Waals surface area (Å²) in [5, 5.41) is 5.57. The molecule has 6 nitrogen and oxygen atoms in total. The van der Waals surface area contributed by atoms with Gasteiger partial charge >= 0.3 is 0 Å². The van der Waals surface area contributed by atoms with Crippen LogP contribution in [0.4, 0.5) is 0 Å². The second kappa shape index (κ2) is 8.12. The lowest BCUT2D eigenvalue weighted by atomic mass is 10.0. The van der Waals surface area contributed by atoms with Crippen molar-refractivity contribution in [3.8, 4) is 0 Å². The van der Waals surface area contributed by atoms with E-state index in [9.17, 15) is 9.59 Å². The van der Waals surface area contributed by atoms with Crippen molar-refractivity contribution in [3.05, 3.63) is 54.2 Å². The third kappa shape index (κ3) is 5.25. The van der Waals surface area contributed by atoms with Crippen molar-refractivity contribution in [2.24, 2.45) is 5.92 Å². The van der Waals surface area contributed by atoms with Crippen LogP contribution in [0.25, 0.3) is 0 Å². The quantitative estimate of drug-likeness (QED) is 0.820. The first kappa shape index (κ1) is 16.7. The van der Waals surface area contributed by atoms with Crippen molar-refractivity contribution in [2.45, 2.75) is 32.9 Å². The fourth-order valence-electron chi connectivity index (χ4n) is 2.16. The lowest BCUT2D eigenvalue weighted by molar-refractivity contribution is -0.123. The fourth-order valence-corrected chi connectivity index (χ4v) is 2.16. The van der Waals surface area contributed by atoms with E-state index in [2.05, 4.69) is 15.6 Å². The molecule has 2 rings (SSSR count). The number of carbonyl (C=O) groups is 2. The highest BCUT2D eigenvalue weighted by Crippen LogP contribution is 2.07. The number of furan rings is 1. The highest BCUT2D eigenvalue weighted by molar-refractivity contribution is 5.97. The van der Waals surface area contributed by atoms with Gasteiger partial charge in [-0.05, 0) is 36.6 Å². The Hall–Kier alpha value is -2.63. The van der Waals surface area contributed by atoms with E-state index in [0.717, 1.165) is 0 Å². The zero-order valence-electron chi connectivity index (χ0n) is 13.3. The van der Waals surface area contributed by atoms with Gasteiger partial charge in [0.05, 0.1) is 12.8 Å². The number of rotatable bonds is 7. The van der Waals surface area contributed by atoms with Crippen LogP contribution in [0.3, 0.4) is 0 Å². The second-order valence-electron chi connectivity index (χ2n) is 5.69. The normalized spacial score (nSPS) is 12.0. The molecule has 1 atom stereocenters. The average molecular weight is 315 g/mol. The molecular formula is C17H21N3O3. The van der Waals surface area contributed by atoms with Crippen molar-refractivity contribution in [3.63, 3.8) is 0 Å². The van der Waals surface area contributed by atoms with Gasteiger partial charge in [-0.1, -0.05) is 13.8 Å². The van der Waals surface area contributed by atoms with Gasteiger partial charge in [0.1, 0.15) is 11.8 Å². The predicted octanol–water partition coefficient (Wildman–Crippen LogP) is 2.14. The zero-order valence-corrected chi connectivity index (χ0v) is 13.3. The number of hydrogen-bond acceptors (Lipinski definition) is 4. The van der Waals surface area contributed by atoms with E-state index in [0.29, 0.717) is 24.3 Å². The van der Waals surface area contributed by atoms with Crippen molar-refractivity contribution in [1.29, 1.82) is 0 Å². The molecule has 0 aliphatic heterocycles. The molecule has 2 aromatic rings. The molecule has 0 saturated heterocycles. The largest absolute Gasteiger partial charge is 0.467 e. The molecular weight excluding hydrogens is 294 g/mol. The van der Waals surface area contributed by atoms with Crippen LogP contribution >= 0.6 is 0 Å². The van der Waals surface area contributed by atoms with Crippen LogP contribution in [0.1, 0.15) is 36.4 Å². The summed E-state index contributed by atoms with van der Waals surface area (Å²) in [5.41, 5.74) is 0.479. The smallest absolute Gasteiger partial charge is 0.252 e. The first-order chi connectivity index (χ1) is 11.1. The molecule has 23 heavy (non-hydrogen) atoms. The van der Waals surface area contributed by atoms with E-state index >= 15 is 0 Å². The van der Waals surface area contributed by atoms with Crippen LogP contribution in [-0.2, 0) is 11.3 Å². The van der Waals surface area contributed by atoms with Crippen LogP contribution < -0.4 is 10.6 Å². The number of aromatic nitrogens is 1. The average Bonchev–Trinajstić information content (AvgIpc) is 3.05. The maximum Gasteiger partial charge on any atom is 0.252 e. The Labute approximate surface area is 135 Å². The molecule has 0 saturated carbocycles. The van der Waals surface area contributed by atoms with E-state index < -0.39 is 6.04 Å². The molecule has 2 heterocycles. The predicted molar refractivity (Wildman–Crippen MR) is 85.5 cm³/mol. The Morgan fingerprint density at radius 1 is 1.22 bits per heavy atom. The number of hydrogen-bond donors (Lipinski definition) is 2. The summed E-state index contributed by atoms with van der Waals surface area (Å²) in [6.07, 6.45) is 5.20. The van der Waals surface area contributed by atoms with E-state index in [-0.39, 0.29) is 17.7 Å². The topological polar surface area (TPSA) is 84.2 Å². The van der Waals surface area contributed by atoms with Crippen molar-refractivity contribution >= 4 is 11.8 Å². The Balaban J connectivity index is 1.98.